The van der Waals surface area contributed by atoms with Gasteiger partial charge in [0, 0.05) is 19.4 Å². The predicted molar refractivity (Wildman–Crippen MR) is 91.7 cm³/mol. The number of likely N-dealkylation sites (tertiary alicyclic amines) is 1. The molecule has 0 unspecified atom stereocenters. The van der Waals surface area contributed by atoms with Gasteiger partial charge in [-0.3, -0.25) is 4.79 Å². The predicted octanol–water partition coefficient (Wildman–Crippen LogP) is 2.79. The Morgan fingerprint density at radius 1 is 1.32 bits per heavy atom. The van der Waals surface area contributed by atoms with Crippen LogP contribution in [-0.2, 0) is 17.6 Å². The normalized spacial score (nSPS) is 16.9. The van der Waals surface area contributed by atoms with Gasteiger partial charge >= 0.3 is 0 Å². The number of hydrogen-bond donors (Lipinski definition) is 0. The molecule has 5 nitrogen and oxygen atoms in total. The van der Waals surface area contributed by atoms with E-state index in [-0.39, 0.29) is 17.9 Å². The lowest BCUT2D eigenvalue weighted by Crippen LogP contribution is -2.31. The summed E-state index contributed by atoms with van der Waals surface area (Å²) in [5.41, 5.74) is 1.50. The molecule has 1 aliphatic rings. The van der Waals surface area contributed by atoms with Crippen molar-refractivity contribution in [3.8, 4) is 5.88 Å². The van der Waals surface area contributed by atoms with E-state index in [1.165, 1.54) is 6.33 Å². The van der Waals surface area contributed by atoms with Gasteiger partial charge in [0.1, 0.15) is 12.4 Å². The minimum atomic E-state index is -0.501. The molecular formula is C19H22FN3O2. The van der Waals surface area contributed by atoms with Crippen LogP contribution in [0.4, 0.5) is 4.39 Å². The molecule has 1 aromatic heterocycles. The number of hydrogen-bond acceptors (Lipinski definition) is 4. The van der Waals surface area contributed by atoms with Crippen molar-refractivity contribution in [2.75, 3.05) is 13.1 Å². The smallest absolute Gasteiger partial charge is 0.254 e. The zero-order valence-electron chi connectivity index (χ0n) is 14.3. The largest absolute Gasteiger partial charge is 0.470 e. The number of halogens is 1. The maximum absolute atomic E-state index is 14.2. The fourth-order valence-electron chi connectivity index (χ4n) is 2.98. The van der Waals surface area contributed by atoms with E-state index in [2.05, 4.69) is 9.97 Å². The Kier molecular flexibility index (Phi) is 5.58. The highest BCUT2D eigenvalue weighted by atomic mass is 19.1. The molecule has 0 bridgehead atoms. The van der Waals surface area contributed by atoms with Gasteiger partial charge in [0.25, 0.3) is 5.88 Å². The molecule has 0 saturated carbocycles. The van der Waals surface area contributed by atoms with E-state index >= 15 is 0 Å². The molecule has 132 valence electrons. The average molecular weight is 343 g/mol. The summed E-state index contributed by atoms with van der Waals surface area (Å²) in [7, 11) is 0. The van der Waals surface area contributed by atoms with Gasteiger partial charge in [-0.25, -0.2) is 4.98 Å². The van der Waals surface area contributed by atoms with Gasteiger partial charge in [0.15, 0.2) is 0 Å². The van der Waals surface area contributed by atoms with Crippen LogP contribution in [0.5, 0.6) is 5.88 Å². The summed E-state index contributed by atoms with van der Waals surface area (Å²) in [5.74, 6) is -0.415. The van der Waals surface area contributed by atoms with Gasteiger partial charge in [-0.05, 0) is 18.4 Å². The third kappa shape index (κ3) is 4.32. The molecule has 0 aliphatic carbocycles. The van der Waals surface area contributed by atoms with E-state index in [0.717, 1.165) is 12.0 Å². The zero-order valence-corrected chi connectivity index (χ0v) is 14.3. The summed E-state index contributed by atoms with van der Waals surface area (Å²) in [4.78, 5) is 21.9. The van der Waals surface area contributed by atoms with Crippen molar-refractivity contribution in [1.29, 1.82) is 0 Å². The minimum Gasteiger partial charge on any atom is -0.470 e. The summed E-state index contributed by atoms with van der Waals surface area (Å²) >= 11 is 0. The van der Waals surface area contributed by atoms with Gasteiger partial charge in [-0.2, -0.15) is 9.37 Å². The van der Waals surface area contributed by atoms with Crippen molar-refractivity contribution in [2.24, 2.45) is 0 Å². The fraction of sp³-hybridized carbons (Fsp3) is 0.421. The molecule has 0 spiro atoms. The quantitative estimate of drug-likeness (QED) is 0.809. The molecule has 2 aromatic rings. The maximum atomic E-state index is 14.2. The highest BCUT2D eigenvalue weighted by Crippen LogP contribution is 2.21. The molecule has 2 heterocycles. The van der Waals surface area contributed by atoms with Crippen LogP contribution in [-0.4, -0.2) is 40.0 Å². The molecule has 1 aliphatic heterocycles. The van der Waals surface area contributed by atoms with Crippen molar-refractivity contribution in [3.05, 3.63) is 53.7 Å². The molecule has 1 amide bonds. The first-order valence-electron chi connectivity index (χ1n) is 8.65. The first-order chi connectivity index (χ1) is 12.2. The second kappa shape index (κ2) is 8.05. The molecule has 1 fully saturated rings. The van der Waals surface area contributed by atoms with Crippen molar-refractivity contribution in [3.63, 3.8) is 0 Å². The number of amides is 1. The average Bonchev–Trinajstić information content (AvgIpc) is 3.11. The number of benzene rings is 1. The second-order valence-corrected chi connectivity index (χ2v) is 6.15. The first-order valence-corrected chi connectivity index (χ1v) is 8.65. The van der Waals surface area contributed by atoms with E-state index in [1.54, 1.807) is 4.90 Å². The Balaban J connectivity index is 1.52. The van der Waals surface area contributed by atoms with E-state index in [0.29, 0.717) is 38.0 Å². The summed E-state index contributed by atoms with van der Waals surface area (Å²) in [6, 6.07) is 9.95. The molecule has 1 atom stereocenters. The zero-order chi connectivity index (χ0) is 17.6. The number of nitrogens with zero attached hydrogens (tertiary/aromatic N) is 3. The highest BCUT2D eigenvalue weighted by Gasteiger charge is 2.28. The van der Waals surface area contributed by atoms with Crippen molar-refractivity contribution < 1.29 is 13.9 Å². The molecule has 1 aromatic carbocycles. The number of carbonyl (C=O) groups excluding carboxylic acids is 1. The summed E-state index contributed by atoms with van der Waals surface area (Å²) in [6.07, 6.45) is 3.45. The SMILES string of the molecule is CCc1ncnc(O[C@@H]2CCN(C(=O)CCc3ccccc3)C2)c1F. The lowest BCUT2D eigenvalue weighted by atomic mass is 10.1. The van der Waals surface area contributed by atoms with Gasteiger partial charge in [-0.15, -0.1) is 0 Å². The van der Waals surface area contributed by atoms with Crippen LogP contribution in [0.2, 0.25) is 0 Å². The number of ether oxygens (including phenoxy) is 1. The standard InChI is InChI=1S/C19H22FN3O2/c1-2-16-18(20)19(22-13-21-16)25-15-10-11-23(12-15)17(24)9-8-14-6-4-3-5-7-14/h3-7,13,15H,2,8-12H2,1H3/t15-/m1/s1. The first kappa shape index (κ1) is 17.3. The Morgan fingerprint density at radius 3 is 2.88 bits per heavy atom. The number of rotatable bonds is 6. The van der Waals surface area contributed by atoms with Crippen LogP contribution in [0, 0.1) is 5.82 Å². The van der Waals surface area contributed by atoms with E-state index in [4.69, 9.17) is 4.74 Å². The van der Waals surface area contributed by atoms with E-state index < -0.39 is 5.82 Å². The number of carbonyl (C=O) groups is 1. The highest BCUT2D eigenvalue weighted by molar-refractivity contribution is 5.76. The summed E-state index contributed by atoms with van der Waals surface area (Å²) in [5, 5.41) is 0. The third-order valence-corrected chi connectivity index (χ3v) is 4.41. The maximum Gasteiger partial charge on any atom is 0.254 e. The van der Waals surface area contributed by atoms with Gasteiger partial charge in [0.05, 0.1) is 12.2 Å². The summed E-state index contributed by atoms with van der Waals surface area (Å²) in [6.45, 7) is 2.93. The Hall–Kier alpha value is -2.50. The lowest BCUT2D eigenvalue weighted by molar-refractivity contribution is -0.130. The molecule has 0 radical (unpaired) electrons. The van der Waals surface area contributed by atoms with E-state index in [1.807, 2.05) is 37.3 Å². The van der Waals surface area contributed by atoms with Crippen LogP contribution >= 0.6 is 0 Å². The van der Waals surface area contributed by atoms with Gasteiger partial charge in [0.2, 0.25) is 11.7 Å². The molecule has 3 rings (SSSR count). The van der Waals surface area contributed by atoms with Gasteiger partial charge < -0.3 is 9.64 Å². The molecule has 0 N–H and O–H groups in total. The molecular weight excluding hydrogens is 321 g/mol. The fourth-order valence-corrected chi connectivity index (χ4v) is 2.98. The second-order valence-electron chi connectivity index (χ2n) is 6.15. The van der Waals surface area contributed by atoms with Crippen LogP contribution < -0.4 is 4.74 Å². The molecule has 6 heteroatoms. The van der Waals surface area contributed by atoms with Gasteiger partial charge in [-0.1, -0.05) is 37.3 Å². The topological polar surface area (TPSA) is 55.3 Å². The lowest BCUT2D eigenvalue weighted by Gasteiger charge is -2.17. The monoisotopic (exact) mass is 343 g/mol. The van der Waals surface area contributed by atoms with E-state index in [9.17, 15) is 9.18 Å². The van der Waals surface area contributed by atoms with Crippen LogP contribution in [0.15, 0.2) is 36.7 Å². The van der Waals surface area contributed by atoms with Crippen LogP contribution in [0.1, 0.15) is 31.0 Å². The van der Waals surface area contributed by atoms with Crippen molar-refractivity contribution in [1.82, 2.24) is 14.9 Å². The van der Waals surface area contributed by atoms with Crippen molar-refractivity contribution >= 4 is 5.91 Å². The number of aryl methyl sites for hydroxylation is 2. The van der Waals surface area contributed by atoms with Crippen LogP contribution in [0.3, 0.4) is 0 Å². The molecule has 1 saturated heterocycles. The van der Waals surface area contributed by atoms with Crippen molar-refractivity contribution in [2.45, 2.75) is 38.7 Å². The van der Waals surface area contributed by atoms with Crippen LogP contribution in [0.25, 0.3) is 0 Å². The Labute approximate surface area is 146 Å². The molecule has 25 heavy (non-hydrogen) atoms. The summed E-state index contributed by atoms with van der Waals surface area (Å²) < 4.78 is 19.8. The third-order valence-electron chi connectivity index (χ3n) is 4.41. The number of aromatic nitrogens is 2. The minimum absolute atomic E-state index is 0.0181. The Bertz CT molecular complexity index is 724. The Morgan fingerprint density at radius 2 is 2.12 bits per heavy atom.